The van der Waals surface area contributed by atoms with Crippen LogP contribution in [0.2, 0.25) is 0 Å². The number of nitrogens with two attached hydrogens (primary N) is 1. The summed E-state index contributed by atoms with van der Waals surface area (Å²) in [5.41, 5.74) is 1.35. The Morgan fingerprint density at radius 1 is 1.05 bits per heavy atom. The van der Waals surface area contributed by atoms with Gasteiger partial charge in [-0.15, -0.1) is 0 Å². The molecule has 0 atom stereocenters. The minimum atomic E-state index is -4.26. The summed E-state index contributed by atoms with van der Waals surface area (Å²) in [6.07, 6.45) is 1.81. The molecule has 0 saturated heterocycles. The van der Waals surface area contributed by atoms with Crippen LogP contribution in [-0.2, 0) is 10.0 Å². The predicted octanol–water partition coefficient (Wildman–Crippen LogP) is 0.980. The van der Waals surface area contributed by atoms with E-state index in [9.17, 15) is 21.6 Å². The van der Waals surface area contributed by atoms with E-state index in [2.05, 4.69) is 15.4 Å². The standard InChI is InChI=1S/C10H8F3N5O2S/c11-6-1-2-7(9(13)8(6)12)18-21(19,20)5-3-15-10(17-14)16-4-5/h1-4,18H,14H2,(H,15,16,17). The summed E-state index contributed by atoms with van der Waals surface area (Å²) in [7, 11) is -4.26. The molecular weight excluding hydrogens is 311 g/mol. The van der Waals surface area contributed by atoms with Gasteiger partial charge in [-0.3, -0.25) is 10.1 Å². The number of halogens is 3. The van der Waals surface area contributed by atoms with Crippen molar-refractivity contribution >= 4 is 21.7 Å². The van der Waals surface area contributed by atoms with Crippen LogP contribution in [0.15, 0.2) is 29.4 Å². The summed E-state index contributed by atoms with van der Waals surface area (Å²) < 4.78 is 64.8. The molecule has 0 unspecified atom stereocenters. The molecule has 11 heteroatoms. The third-order valence-electron chi connectivity index (χ3n) is 2.35. The molecule has 112 valence electrons. The molecule has 0 radical (unpaired) electrons. The number of hydrogen-bond donors (Lipinski definition) is 3. The Hall–Kier alpha value is -2.40. The van der Waals surface area contributed by atoms with Crippen molar-refractivity contribution in [2.75, 3.05) is 10.1 Å². The summed E-state index contributed by atoms with van der Waals surface area (Å²) in [6, 6.07) is 1.34. The molecule has 1 aromatic carbocycles. The molecule has 0 fully saturated rings. The zero-order chi connectivity index (χ0) is 15.6. The normalized spacial score (nSPS) is 11.2. The number of rotatable bonds is 4. The van der Waals surface area contributed by atoms with Gasteiger partial charge in [-0.05, 0) is 12.1 Å². The van der Waals surface area contributed by atoms with Gasteiger partial charge in [-0.1, -0.05) is 0 Å². The Balaban J connectivity index is 2.35. The molecule has 2 rings (SSSR count). The summed E-state index contributed by atoms with van der Waals surface area (Å²) in [4.78, 5) is 6.72. The first kappa shape index (κ1) is 15.0. The number of hydrogen-bond acceptors (Lipinski definition) is 6. The topological polar surface area (TPSA) is 110 Å². The van der Waals surface area contributed by atoms with Crippen LogP contribution in [-0.4, -0.2) is 18.4 Å². The minimum Gasteiger partial charge on any atom is -0.292 e. The van der Waals surface area contributed by atoms with E-state index in [0.29, 0.717) is 6.07 Å². The van der Waals surface area contributed by atoms with Crippen LogP contribution < -0.4 is 16.0 Å². The first-order valence-electron chi connectivity index (χ1n) is 5.30. The molecule has 0 aliphatic carbocycles. The first-order valence-corrected chi connectivity index (χ1v) is 6.78. The zero-order valence-corrected chi connectivity index (χ0v) is 11.0. The molecule has 0 aliphatic rings. The molecule has 0 bridgehead atoms. The maximum atomic E-state index is 13.4. The fourth-order valence-electron chi connectivity index (χ4n) is 1.34. The van der Waals surface area contributed by atoms with E-state index in [1.807, 2.05) is 0 Å². The van der Waals surface area contributed by atoms with Gasteiger partial charge in [-0.2, -0.15) is 0 Å². The highest BCUT2D eigenvalue weighted by atomic mass is 32.2. The van der Waals surface area contributed by atoms with Crippen molar-refractivity contribution in [1.82, 2.24) is 9.97 Å². The van der Waals surface area contributed by atoms with E-state index < -0.39 is 38.1 Å². The molecule has 0 amide bonds. The summed E-state index contributed by atoms with van der Waals surface area (Å²) >= 11 is 0. The third-order valence-corrected chi connectivity index (χ3v) is 3.67. The molecule has 0 spiro atoms. The Kier molecular flexibility index (Phi) is 3.95. The van der Waals surface area contributed by atoms with E-state index in [4.69, 9.17) is 5.84 Å². The lowest BCUT2D eigenvalue weighted by molar-refractivity contribution is 0.449. The van der Waals surface area contributed by atoms with Gasteiger partial charge in [0.25, 0.3) is 10.0 Å². The van der Waals surface area contributed by atoms with Gasteiger partial charge in [0.2, 0.25) is 5.95 Å². The lowest BCUT2D eigenvalue weighted by Gasteiger charge is -2.09. The average Bonchev–Trinajstić information content (AvgIpc) is 2.48. The number of nitrogen functional groups attached to an aromatic ring is 1. The molecule has 4 N–H and O–H groups in total. The second-order valence-electron chi connectivity index (χ2n) is 3.72. The van der Waals surface area contributed by atoms with Crippen molar-refractivity contribution < 1.29 is 21.6 Å². The lowest BCUT2D eigenvalue weighted by Crippen LogP contribution is -2.16. The second-order valence-corrected chi connectivity index (χ2v) is 5.40. The average molecular weight is 319 g/mol. The van der Waals surface area contributed by atoms with Crippen LogP contribution in [0.25, 0.3) is 0 Å². The van der Waals surface area contributed by atoms with Crippen LogP contribution in [0, 0.1) is 17.5 Å². The number of sulfonamides is 1. The third kappa shape index (κ3) is 3.03. The van der Waals surface area contributed by atoms with Crippen LogP contribution in [0.5, 0.6) is 0 Å². The van der Waals surface area contributed by atoms with Crippen molar-refractivity contribution in [3.63, 3.8) is 0 Å². The molecule has 0 saturated carbocycles. The van der Waals surface area contributed by atoms with Gasteiger partial charge in [0.15, 0.2) is 17.5 Å². The van der Waals surface area contributed by atoms with Gasteiger partial charge in [-0.25, -0.2) is 37.4 Å². The summed E-state index contributed by atoms with van der Waals surface area (Å²) in [5, 5.41) is 0. The van der Waals surface area contributed by atoms with E-state index in [1.54, 1.807) is 4.72 Å². The summed E-state index contributed by atoms with van der Waals surface area (Å²) in [5.74, 6) is 0.113. The molecule has 2 aromatic rings. The highest BCUT2D eigenvalue weighted by Gasteiger charge is 2.20. The Labute approximate surface area is 117 Å². The molecule has 0 aliphatic heterocycles. The Morgan fingerprint density at radius 2 is 1.67 bits per heavy atom. The smallest absolute Gasteiger partial charge is 0.265 e. The van der Waals surface area contributed by atoms with Crippen molar-refractivity contribution in [3.05, 3.63) is 42.0 Å². The van der Waals surface area contributed by atoms with Crippen molar-refractivity contribution in [1.29, 1.82) is 0 Å². The van der Waals surface area contributed by atoms with E-state index in [-0.39, 0.29) is 5.95 Å². The predicted molar refractivity (Wildman–Crippen MR) is 67.0 cm³/mol. The molecule has 1 aromatic heterocycles. The number of aromatic nitrogens is 2. The van der Waals surface area contributed by atoms with Crippen LogP contribution in [0.1, 0.15) is 0 Å². The largest absolute Gasteiger partial charge is 0.292 e. The van der Waals surface area contributed by atoms with E-state index >= 15 is 0 Å². The van der Waals surface area contributed by atoms with Crippen molar-refractivity contribution in [2.24, 2.45) is 5.84 Å². The van der Waals surface area contributed by atoms with E-state index in [0.717, 1.165) is 18.5 Å². The van der Waals surface area contributed by atoms with Crippen LogP contribution in [0.3, 0.4) is 0 Å². The van der Waals surface area contributed by atoms with Gasteiger partial charge >= 0.3 is 0 Å². The van der Waals surface area contributed by atoms with E-state index in [1.165, 1.54) is 0 Å². The van der Waals surface area contributed by atoms with Crippen LogP contribution >= 0.6 is 0 Å². The molecular formula is C10H8F3N5O2S. The van der Waals surface area contributed by atoms with Crippen molar-refractivity contribution in [3.8, 4) is 0 Å². The van der Waals surface area contributed by atoms with Gasteiger partial charge < -0.3 is 0 Å². The zero-order valence-electron chi connectivity index (χ0n) is 10.1. The summed E-state index contributed by atoms with van der Waals surface area (Å²) in [6.45, 7) is 0. The monoisotopic (exact) mass is 319 g/mol. The molecule has 21 heavy (non-hydrogen) atoms. The van der Waals surface area contributed by atoms with Crippen molar-refractivity contribution in [2.45, 2.75) is 4.90 Å². The fraction of sp³-hybridized carbons (Fsp3) is 0. The highest BCUT2D eigenvalue weighted by molar-refractivity contribution is 7.92. The Bertz CT molecular complexity index is 767. The number of hydrazine groups is 1. The second kappa shape index (κ2) is 5.54. The maximum absolute atomic E-state index is 13.4. The quantitative estimate of drug-likeness (QED) is 0.440. The fourth-order valence-corrected chi connectivity index (χ4v) is 2.29. The SMILES string of the molecule is NNc1ncc(S(=O)(=O)Nc2ccc(F)c(F)c2F)cn1. The minimum absolute atomic E-state index is 0.0343. The first-order chi connectivity index (χ1) is 9.85. The van der Waals surface area contributed by atoms with Gasteiger partial charge in [0.1, 0.15) is 4.90 Å². The molecule has 7 nitrogen and oxygen atoms in total. The number of nitrogens with zero attached hydrogens (tertiary/aromatic N) is 2. The maximum Gasteiger partial charge on any atom is 0.265 e. The number of benzene rings is 1. The Morgan fingerprint density at radius 3 is 2.24 bits per heavy atom. The highest BCUT2D eigenvalue weighted by Crippen LogP contribution is 2.22. The lowest BCUT2D eigenvalue weighted by atomic mass is 10.3. The van der Waals surface area contributed by atoms with Crippen LogP contribution in [0.4, 0.5) is 24.8 Å². The van der Waals surface area contributed by atoms with Gasteiger partial charge in [0.05, 0.1) is 18.1 Å². The number of nitrogens with one attached hydrogen (secondary N) is 2. The number of anilines is 2. The molecule has 1 heterocycles. The van der Waals surface area contributed by atoms with Gasteiger partial charge in [0, 0.05) is 0 Å².